The van der Waals surface area contributed by atoms with Crippen molar-refractivity contribution in [1.82, 2.24) is 0 Å². The molecule has 3 unspecified atom stereocenters. The summed E-state index contributed by atoms with van der Waals surface area (Å²) in [5, 5.41) is 10.2. The second-order valence-electron chi connectivity index (χ2n) is 9.49. The largest absolute Gasteiger partial charge is 0.462 e. The van der Waals surface area contributed by atoms with Crippen LogP contribution in [-0.4, -0.2) is 22.8 Å². The van der Waals surface area contributed by atoms with Crippen LogP contribution in [0.15, 0.2) is 10.6 Å². The van der Waals surface area contributed by atoms with Gasteiger partial charge in [-0.1, -0.05) is 35.4 Å². The molecule has 1 aliphatic heterocycles. The van der Waals surface area contributed by atoms with E-state index in [1.807, 2.05) is 0 Å². The molecule has 3 aliphatic rings. The molecule has 0 amide bonds. The van der Waals surface area contributed by atoms with Crippen LogP contribution in [0.2, 0.25) is 0 Å². The number of esters is 1. The highest BCUT2D eigenvalue weighted by Crippen LogP contribution is 2.60. The van der Waals surface area contributed by atoms with Crippen molar-refractivity contribution in [1.29, 1.82) is 0 Å². The molecule has 0 spiro atoms. The van der Waals surface area contributed by atoms with Gasteiger partial charge in [-0.25, -0.2) is 0 Å². The monoisotopic (exact) mass is 412 g/mol. The van der Waals surface area contributed by atoms with Crippen LogP contribution >= 0.6 is 15.9 Å². The number of hydrogen-bond acceptors (Lipinski definition) is 3. The van der Waals surface area contributed by atoms with Crippen molar-refractivity contribution >= 4 is 21.9 Å². The Morgan fingerprint density at radius 3 is 2.76 bits per heavy atom. The van der Waals surface area contributed by atoms with E-state index in [2.05, 4.69) is 34.8 Å². The maximum absolute atomic E-state index is 12.1. The predicted octanol–water partition coefficient (Wildman–Crippen LogP) is 5.21. The van der Waals surface area contributed by atoms with Crippen LogP contribution in [0.5, 0.6) is 0 Å². The van der Waals surface area contributed by atoms with E-state index in [4.69, 9.17) is 4.74 Å². The third-order valence-electron chi connectivity index (χ3n) is 7.42. The maximum atomic E-state index is 12.1. The Balaban J connectivity index is 1.66. The lowest BCUT2D eigenvalue weighted by molar-refractivity contribution is -0.149. The molecular weight excluding hydrogens is 380 g/mol. The van der Waals surface area contributed by atoms with Gasteiger partial charge in [0.05, 0.1) is 11.5 Å². The number of rotatable bonds is 4. The minimum Gasteiger partial charge on any atom is -0.462 e. The third kappa shape index (κ3) is 3.58. The highest BCUT2D eigenvalue weighted by molar-refractivity contribution is 9.11. The van der Waals surface area contributed by atoms with E-state index in [1.165, 1.54) is 32.1 Å². The predicted molar refractivity (Wildman–Crippen MR) is 103 cm³/mol. The van der Waals surface area contributed by atoms with E-state index in [-0.39, 0.29) is 18.0 Å². The molecule has 1 heterocycles. The highest BCUT2D eigenvalue weighted by atomic mass is 79.9. The molecule has 4 heteroatoms. The first kappa shape index (κ1) is 19.4. The second kappa shape index (κ2) is 6.99. The molecule has 2 aliphatic carbocycles. The van der Waals surface area contributed by atoms with E-state index >= 15 is 0 Å². The minimum atomic E-state index is -0.988. The van der Waals surface area contributed by atoms with Crippen LogP contribution in [0.1, 0.15) is 72.6 Å². The van der Waals surface area contributed by atoms with Crippen LogP contribution in [0.25, 0.3) is 0 Å². The number of cyclic esters (lactones) is 1. The quantitative estimate of drug-likeness (QED) is 0.644. The molecule has 0 aromatic carbocycles. The first-order valence-electron chi connectivity index (χ1n) is 9.89. The maximum Gasteiger partial charge on any atom is 0.312 e. The SMILES string of the molecule is C[C@H](CC1CC(C(C)(C)O)C(=O)O1)[C@H]1CCC2/C(=C/Br)CCC[C@@]21C. The van der Waals surface area contributed by atoms with Crippen LogP contribution < -0.4 is 0 Å². The van der Waals surface area contributed by atoms with Gasteiger partial charge in [0.15, 0.2) is 0 Å². The molecule has 25 heavy (non-hydrogen) atoms. The molecule has 3 nitrogen and oxygen atoms in total. The summed E-state index contributed by atoms with van der Waals surface area (Å²) in [5.74, 6) is 1.35. The summed E-state index contributed by atoms with van der Waals surface area (Å²) in [6.45, 7) is 8.25. The van der Waals surface area contributed by atoms with E-state index in [9.17, 15) is 9.90 Å². The first-order chi connectivity index (χ1) is 11.7. The van der Waals surface area contributed by atoms with Crippen molar-refractivity contribution in [3.05, 3.63) is 10.6 Å². The third-order valence-corrected chi connectivity index (χ3v) is 8.01. The molecule has 0 aromatic rings. The smallest absolute Gasteiger partial charge is 0.312 e. The summed E-state index contributed by atoms with van der Waals surface area (Å²) >= 11 is 3.59. The average molecular weight is 413 g/mol. The molecule has 3 fully saturated rings. The fourth-order valence-electron chi connectivity index (χ4n) is 6.10. The summed E-state index contributed by atoms with van der Waals surface area (Å²) in [7, 11) is 0. The van der Waals surface area contributed by atoms with Crippen molar-refractivity contribution in [2.24, 2.45) is 29.1 Å². The number of ether oxygens (including phenoxy) is 1. The van der Waals surface area contributed by atoms with Crippen LogP contribution in [0.3, 0.4) is 0 Å². The molecular formula is C21H33BrO3. The minimum absolute atomic E-state index is 0.0312. The number of allylic oxidation sites excluding steroid dienone is 1. The molecule has 0 radical (unpaired) electrons. The lowest BCUT2D eigenvalue weighted by atomic mass is 9.61. The lowest BCUT2D eigenvalue weighted by Gasteiger charge is -2.44. The average Bonchev–Trinajstić information content (AvgIpc) is 3.06. The lowest BCUT2D eigenvalue weighted by Crippen LogP contribution is -2.36. The van der Waals surface area contributed by atoms with Crippen molar-refractivity contribution in [3.63, 3.8) is 0 Å². The van der Waals surface area contributed by atoms with Gasteiger partial charge in [-0.15, -0.1) is 0 Å². The molecule has 1 N–H and O–H groups in total. The van der Waals surface area contributed by atoms with Crippen LogP contribution in [0.4, 0.5) is 0 Å². The van der Waals surface area contributed by atoms with Gasteiger partial charge in [0.25, 0.3) is 0 Å². The van der Waals surface area contributed by atoms with E-state index in [0.29, 0.717) is 29.6 Å². The number of halogens is 1. The number of aliphatic hydroxyl groups is 1. The summed E-state index contributed by atoms with van der Waals surface area (Å²) in [6.07, 6.45) is 7.96. The van der Waals surface area contributed by atoms with Gasteiger partial charge in [-0.05, 0) is 80.5 Å². The van der Waals surface area contributed by atoms with Gasteiger partial charge < -0.3 is 9.84 Å². The second-order valence-corrected chi connectivity index (χ2v) is 9.95. The number of carbonyl (C=O) groups excluding carboxylic acids is 1. The summed E-state index contributed by atoms with van der Waals surface area (Å²) in [4.78, 5) is 14.3. The molecule has 1 saturated heterocycles. The van der Waals surface area contributed by atoms with E-state index < -0.39 is 5.60 Å². The van der Waals surface area contributed by atoms with Gasteiger partial charge in [-0.3, -0.25) is 4.79 Å². The van der Waals surface area contributed by atoms with Crippen LogP contribution in [0, 0.1) is 29.1 Å². The Morgan fingerprint density at radius 1 is 1.44 bits per heavy atom. The number of carbonyl (C=O) groups is 1. The van der Waals surface area contributed by atoms with Crippen molar-refractivity contribution in [3.8, 4) is 0 Å². The summed E-state index contributed by atoms with van der Waals surface area (Å²) < 4.78 is 5.62. The highest BCUT2D eigenvalue weighted by Gasteiger charge is 2.51. The molecule has 2 saturated carbocycles. The molecule has 6 atom stereocenters. The van der Waals surface area contributed by atoms with Crippen LogP contribution in [-0.2, 0) is 9.53 Å². The Morgan fingerprint density at radius 2 is 2.16 bits per heavy atom. The number of hydrogen-bond donors (Lipinski definition) is 1. The van der Waals surface area contributed by atoms with Gasteiger partial charge in [-0.2, -0.15) is 0 Å². The van der Waals surface area contributed by atoms with Gasteiger partial charge in [0, 0.05) is 6.42 Å². The number of fused-ring (bicyclic) bond motifs is 1. The standard InChI is InChI=1S/C21H33BrO3/c1-13(10-15-11-18(19(23)25-15)20(2,3)24)16-7-8-17-14(12-22)6-5-9-21(16,17)4/h12-13,15-18,24H,5-11H2,1-4H3/b14-12+/t13-,15?,16-,17?,18?,21-/m1/s1. The van der Waals surface area contributed by atoms with Crippen molar-refractivity contribution in [2.45, 2.75) is 84.3 Å². The Kier molecular flexibility index (Phi) is 5.43. The zero-order valence-electron chi connectivity index (χ0n) is 16.1. The van der Waals surface area contributed by atoms with E-state index in [0.717, 1.165) is 6.42 Å². The fourth-order valence-corrected chi connectivity index (χ4v) is 6.65. The Bertz CT molecular complexity index is 550. The van der Waals surface area contributed by atoms with Crippen molar-refractivity contribution in [2.75, 3.05) is 0 Å². The summed E-state index contributed by atoms with van der Waals surface area (Å²) in [6, 6.07) is 0. The zero-order chi connectivity index (χ0) is 18.4. The van der Waals surface area contributed by atoms with Gasteiger partial charge >= 0.3 is 5.97 Å². The Hall–Kier alpha value is -0.350. The molecule has 0 bridgehead atoms. The first-order valence-corrected chi connectivity index (χ1v) is 10.8. The summed E-state index contributed by atoms with van der Waals surface area (Å²) in [5.41, 5.74) is 0.992. The normalized spacial score (nSPS) is 41.7. The molecule has 0 aromatic heterocycles. The van der Waals surface area contributed by atoms with Gasteiger partial charge in [0.1, 0.15) is 6.10 Å². The molecule has 3 rings (SSSR count). The van der Waals surface area contributed by atoms with Gasteiger partial charge in [0.2, 0.25) is 0 Å². The van der Waals surface area contributed by atoms with Crippen molar-refractivity contribution < 1.29 is 14.6 Å². The van der Waals surface area contributed by atoms with E-state index in [1.54, 1.807) is 19.4 Å². The Labute approximate surface area is 160 Å². The fraction of sp³-hybridized carbons (Fsp3) is 0.857. The zero-order valence-corrected chi connectivity index (χ0v) is 17.6. The topological polar surface area (TPSA) is 46.5 Å². The molecule has 142 valence electrons.